The highest BCUT2D eigenvalue weighted by atomic mass is 19.3. The van der Waals surface area contributed by atoms with Gasteiger partial charge in [-0.3, -0.25) is 9.78 Å². The predicted molar refractivity (Wildman–Crippen MR) is 104 cm³/mol. The van der Waals surface area contributed by atoms with E-state index in [1.54, 1.807) is 54.6 Å². The second kappa shape index (κ2) is 9.23. The van der Waals surface area contributed by atoms with E-state index in [2.05, 4.69) is 20.5 Å². The van der Waals surface area contributed by atoms with Gasteiger partial charge in [-0.25, -0.2) is 19.2 Å². The molecule has 0 saturated carbocycles. The lowest BCUT2D eigenvalue weighted by Gasteiger charge is -2.08. The van der Waals surface area contributed by atoms with Crippen LogP contribution in [0, 0.1) is 11.3 Å². The number of halogens is 2. The molecular formula is C20H15F2N5O2. The Labute approximate surface area is 164 Å². The number of anilines is 1. The maximum absolute atomic E-state index is 12.4. The summed E-state index contributed by atoms with van der Waals surface area (Å²) in [5, 5.41) is 13.2. The molecule has 2 N–H and O–H groups in total. The topological polar surface area (TPSA) is 103 Å². The molecule has 9 heteroatoms. The zero-order valence-electron chi connectivity index (χ0n) is 15.0. The Hall–Kier alpha value is -4.06. The number of nitriles is 1. The van der Waals surface area contributed by atoms with E-state index < -0.39 is 18.6 Å². The van der Waals surface area contributed by atoms with Crippen molar-refractivity contribution >= 4 is 12.2 Å². The number of aromatic amines is 1. The largest absolute Gasteiger partial charge is 0.487 e. The Kier molecular flexibility index (Phi) is 6.27. The van der Waals surface area contributed by atoms with E-state index in [1.165, 1.54) is 6.21 Å². The molecule has 3 rings (SSSR count). The second-order valence-electron chi connectivity index (χ2n) is 5.73. The molecule has 0 unspecified atom stereocenters. The lowest BCUT2D eigenvalue weighted by Crippen LogP contribution is -2.16. The van der Waals surface area contributed by atoms with Crippen LogP contribution in [-0.4, -0.2) is 29.2 Å². The fourth-order valence-electron chi connectivity index (χ4n) is 2.47. The molecule has 0 aliphatic carbocycles. The number of aromatic nitrogens is 2. The highest BCUT2D eigenvalue weighted by molar-refractivity contribution is 5.83. The third-order valence-electron chi connectivity index (χ3n) is 3.74. The van der Waals surface area contributed by atoms with Crippen molar-refractivity contribution in [3.05, 3.63) is 76.1 Å². The summed E-state index contributed by atoms with van der Waals surface area (Å²) in [4.78, 5) is 18.9. The minimum atomic E-state index is -2.59. The molecule has 1 heterocycles. The lowest BCUT2D eigenvalue weighted by atomic mass is 10.1. The van der Waals surface area contributed by atoms with Crippen molar-refractivity contribution in [2.45, 2.75) is 6.43 Å². The molecule has 7 nitrogen and oxygen atoms in total. The Morgan fingerprint density at radius 2 is 1.93 bits per heavy atom. The maximum Gasteiger partial charge on any atom is 0.272 e. The van der Waals surface area contributed by atoms with Crippen molar-refractivity contribution in [2.75, 3.05) is 12.0 Å². The minimum Gasteiger partial charge on any atom is -0.487 e. The quantitative estimate of drug-likeness (QED) is 0.471. The van der Waals surface area contributed by atoms with Gasteiger partial charge < -0.3 is 4.74 Å². The number of nitrogens with zero attached hydrogens (tertiary/aromatic N) is 3. The second-order valence-corrected chi connectivity index (χ2v) is 5.73. The number of hydrazone groups is 1. The van der Waals surface area contributed by atoms with Crippen molar-refractivity contribution in [2.24, 2.45) is 5.10 Å². The zero-order chi connectivity index (χ0) is 20.6. The molecule has 2 aromatic carbocycles. The Bertz CT molecular complexity index is 1110. The van der Waals surface area contributed by atoms with Crippen LogP contribution in [0.4, 0.5) is 14.7 Å². The first-order chi connectivity index (χ1) is 14.1. The molecular weight excluding hydrogens is 380 g/mol. The van der Waals surface area contributed by atoms with Crippen molar-refractivity contribution in [3.63, 3.8) is 0 Å². The van der Waals surface area contributed by atoms with E-state index >= 15 is 0 Å². The van der Waals surface area contributed by atoms with Gasteiger partial charge in [0.15, 0.2) is 0 Å². The first-order valence-electron chi connectivity index (χ1n) is 8.47. The number of hydrogen-bond donors (Lipinski definition) is 2. The van der Waals surface area contributed by atoms with Crippen molar-refractivity contribution in [1.82, 2.24) is 9.97 Å². The highest BCUT2D eigenvalue weighted by Crippen LogP contribution is 2.20. The van der Waals surface area contributed by atoms with Crippen LogP contribution in [-0.2, 0) is 0 Å². The van der Waals surface area contributed by atoms with Crippen LogP contribution in [0.15, 0.2) is 64.5 Å². The number of nitrogens with one attached hydrogen (secondary N) is 2. The van der Waals surface area contributed by atoms with Crippen LogP contribution < -0.4 is 15.7 Å². The first-order valence-corrected chi connectivity index (χ1v) is 8.47. The fourth-order valence-corrected chi connectivity index (χ4v) is 2.47. The van der Waals surface area contributed by atoms with Gasteiger partial charge in [-0.05, 0) is 12.1 Å². The number of alkyl halides is 2. The standard InChI is InChI=1S/C20H15F2N5O2/c21-17(22)12-29-16-9-5-4-8-14(16)11-24-27-20-25-18(13-6-2-1-3-7-13)15(10-23)19(28)26-20/h1-9,11,17H,12H2,(H2,25,26,27,28). The molecule has 0 aliphatic rings. The molecule has 0 atom stereocenters. The molecule has 0 fully saturated rings. The summed E-state index contributed by atoms with van der Waals surface area (Å²) < 4.78 is 29.8. The first kappa shape index (κ1) is 19.7. The average molecular weight is 395 g/mol. The monoisotopic (exact) mass is 395 g/mol. The van der Waals surface area contributed by atoms with E-state index in [0.717, 1.165) is 0 Å². The Morgan fingerprint density at radius 3 is 2.66 bits per heavy atom. The maximum atomic E-state index is 12.4. The molecule has 1 aromatic heterocycles. The van der Waals surface area contributed by atoms with Gasteiger partial charge in [0, 0.05) is 11.1 Å². The SMILES string of the molecule is N#Cc1c(-c2ccccc2)nc(NN=Cc2ccccc2OCC(F)F)[nH]c1=O. The van der Waals surface area contributed by atoms with Gasteiger partial charge in [-0.15, -0.1) is 0 Å². The van der Waals surface area contributed by atoms with Gasteiger partial charge in [0.25, 0.3) is 12.0 Å². The normalized spacial score (nSPS) is 10.8. The summed E-state index contributed by atoms with van der Waals surface area (Å²) in [6.45, 7) is -0.733. The van der Waals surface area contributed by atoms with Gasteiger partial charge in [-0.1, -0.05) is 42.5 Å². The Balaban J connectivity index is 1.84. The summed E-state index contributed by atoms with van der Waals surface area (Å²) in [7, 11) is 0. The molecule has 0 aliphatic heterocycles. The fraction of sp³-hybridized carbons (Fsp3) is 0.100. The van der Waals surface area contributed by atoms with Gasteiger partial charge in [0.2, 0.25) is 5.95 Å². The molecule has 0 spiro atoms. The summed E-state index contributed by atoms with van der Waals surface area (Å²) in [6, 6.07) is 17.2. The van der Waals surface area contributed by atoms with Gasteiger partial charge in [0.05, 0.1) is 11.9 Å². The Morgan fingerprint density at radius 1 is 1.21 bits per heavy atom. The molecule has 0 amide bonds. The van der Waals surface area contributed by atoms with Crippen LogP contribution >= 0.6 is 0 Å². The van der Waals surface area contributed by atoms with Crippen LogP contribution in [0.2, 0.25) is 0 Å². The average Bonchev–Trinajstić information content (AvgIpc) is 2.73. The van der Waals surface area contributed by atoms with E-state index in [-0.39, 0.29) is 23.0 Å². The van der Waals surface area contributed by atoms with Crippen molar-refractivity contribution < 1.29 is 13.5 Å². The molecule has 0 radical (unpaired) electrons. The van der Waals surface area contributed by atoms with Crippen LogP contribution in [0.1, 0.15) is 11.1 Å². The van der Waals surface area contributed by atoms with E-state index in [4.69, 9.17) is 4.74 Å². The summed E-state index contributed by atoms with van der Waals surface area (Å²) in [5.41, 5.74) is 3.13. The zero-order valence-corrected chi connectivity index (χ0v) is 15.0. The smallest absolute Gasteiger partial charge is 0.272 e. The molecule has 0 saturated heterocycles. The van der Waals surface area contributed by atoms with Gasteiger partial charge in [0.1, 0.15) is 24.0 Å². The lowest BCUT2D eigenvalue weighted by molar-refractivity contribution is 0.0818. The summed E-state index contributed by atoms with van der Waals surface area (Å²) in [5.74, 6) is 0.264. The number of H-pyrrole nitrogens is 1. The highest BCUT2D eigenvalue weighted by Gasteiger charge is 2.13. The van der Waals surface area contributed by atoms with Gasteiger partial charge >= 0.3 is 0 Å². The minimum absolute atomic E-state index is 0.0232. The third kappa shape index (κ3) is 5.01. The molecule has 29 heavy (non-hydrogen) atoms. The van der Waals surface area contributed by atoms with Gasteiger partial charge in [-0.2, -0.15) is 10.4 Å². The summed E-state index contributed by atoms with van der Waals surface area (Å²) in [6.07, 6.45) is -1.25. The number of hydrogen-bond acceptors (Lipinski definition) is 6. The van der Waals surface area contributed by atoms with E-state index in [1.807, 2.05) is 6.07 Å². The predicted octanol–water partition coefficient (Wildman–Crippen LogP) is 3.40. The number of rotatable bonds is 7. The number of benzene rings is 2. The van der Waals surface area contributed by atoms with E-state index in [9.17, 15) is 18.8 Å². The van der Waals surface area contributed by atoms with Crippen LogP contribution in [0.3, 0.4) is 0 Å². The van der Waals surface area contributed by atoms with Crippen molar-refractivity contribution in [3.8, 4) is 23.1 Å². The molecule has 0 bridgehead atoms. The van der Waals surface area contributed by atoms with Crippen LogP contribution in [0.5, 0.6) is 5.75 Å². The molecule has 3 aromatic rings. The summed E-state index contributed by atoms with van der Waals surface area (Å²) >= 11 is 0. The molecule has 146 valence electrons. The number of para-hydroxylation sites is 1. The van der Waals surface area contributed by atoms with Crippen LogP contribution in [0.25, 0.3) is 11.3 Å². The number of ether oxygens (including phenoxy) is 1. The van der Waals surface area contributed by atoms with E-state index in [0.29, 0.717) is 11.1 Å². The van der Waals surface area contributed by atoms with Crippen molar-refractivity contribution in [1.29, 1.82) is 5.26 Å². The third-order valence-corrected chi connectivity index (χ3v) is 3.74.